The number of ether oxygens (including phenoxy) is 1. The Hall–Kier alpha value is -1.85. The predicted octanol–water partition coefficient (Wildman–Crippen LogP) is 1.41. The Kier molecular flexibility index (Phi) is 3.95. The van der Waals surface area contributed by atoms with E-state index in [1.54, 1.807) is 0 Å². The van der Waals surface area contributed by atoms with Crippen LogP contribution in [0.4, 0.5) is 16.2 Å². The molecular weight excluding hydrogens is 394 g/mol. The highest BCUT2D eigenvalue weighted by Crippen LogP contribution is 2.59. The number of hydrogen-bond acceptors (Lipinski definition) is 10. The highest BCUT2D eigenvalue weighted by Gasteiger charge is 2.61. The number of imidazole rings is 1. The monoisotopic (exact) mass is 414 g/mol. The molecule has 3 fully saturated rings. The summed E-state index contributed by atoms with van der Waals surface area (Å²) in [7, 11) is -2.63. The molecule has 5 atom stereocenters. The number of fused-ring (bicyclic) bond motifs is 2. The third-order valence-electron chi connectivity index (χ3n) is 5.37. The molecule has 0 aliphatic carbocycles. The summed E-state index contributed by atoms with van der Waals surface area (Å²) in [4.78, 5) is 15.0. The second-order valence-electron chi connectivity index (χ2n) is 7.20. The minimum atomic E-state index is -3.82. The summed E-state index contributed by atoms with van der Waals surface area (Å²) >= 11 is 0. The van der Waals surface area contributed by atoms with Crippen molar-refractivity contribution in [1.29, 1.82) is 0 Å². The number of phosphoric acid groups is 1. The molecule has 0 amide bonds. The van der Waals surface area contributed by atoms with Gasteiger partial charge < -0.3 is 15.4 Å². The Bertz CT molecular complexity index is 981. The molecule has 0 saturated carbocycles. The summed E-state index contributed by atoms with van der Waals surface area (Å²) in [6.45, 7) is 2.90. The van der Waals surface area contributed by atoms with Crippen LogP contribution in [0, 0.1) is 0 Å². The molecule has 3 aliphatic heterocycles. The van der Waals surface area contributed by atoms with Gasteiger partial charge in [0, 0.05) is 20.2 Å². The summed E-state index contributed by atoms with van der Waals surface area (Å²) in [5, 5.41) is 0. The lowest BCUT2D eigenvalue weighted by atomic mass is 9.98. The SMILES string of the molecule is COP1(=O)OC[C@H]2O[C@@H](n3cnc4c(N5CCC5)nc(N)nc43)[C@](C)(F)[C@@H]2O1. The minimum absolute atomic E-state index is 0.0654. The van der Waals surface area contributed by atoms with Crippen molar-refractivity contribution in [2.45, 2.75) is 37.4 Å². The van der Waals surface area contributed by atoms with Gasteiger partial charge in [-0.15, -0.1) is 0 Å². The summed E-state index contributed by atoms with van der Waals surface area (Å²) < 4.78 is 50.6. The number of halogens is 1. The quantitative estimate of drug-likeness (QED) is 0.737. The van der Waals surface area contributed by atoms with Gasteiger partial charge in [-0.25, -0.2) is 13.9 Å². The molecule has 152 valence electrons. The molecule has 11 nitrogen and oxygen atoms in total. The smallest absolute Gasteiger partial charge is 0.368 e. The molecule has 5 heterocycles. The summed E-state index contributed by atoms with van der Waals surface area (Å²) in [6.07, 6.45) is -0.524. The van der Waals surface area contributed by atoms with Crippen LogP contribution in [0.3, 0.4) is 0 Å². The average molecular weight is 414 g/mol. The van der Waals surface area contributed by atoms with Crippen LogP contribution < -0.4 is 10.6 Å². The molecule has 28 heavy (non-hydrogen) atoms. The number of anilines is 2. The van der Waals surface area contributed by atoms with Crippen molar-refractivity contribution in [2.75, 3.05) is 37.4 Å². The fourth-order valence-electron chi connectivity index (χ4n) is 3.78. The Morgan fingerprint density at radius 2 is 2.21 bits per heavy atom. The van der Waals surface area contributed by atoms with Gasteiger partial charge in [-0.05, 0) is 13.3 Å². The van der Waals surface area contributed by atoms with Crippen molar-refractivity contribution in [3.63, 3.8) is 0 Å². The first kappa shape index (κ1) is 18.2. The van der Waals surface area contributed by atoms with Crippen LogP contribution in [0.5, 0.6) is 0 Å². The molecule has 3 saturated heterocycles. The molecular formula is C15H20FN6O5P. The van der Waals surface area contributed by atoms with E-state index >= 15 is 4.39 Å². The van der Waals surface area contributed by atoms with E-state index in [0.29, 0.717) is 17.0 Å². The minimum Gasteiger partial charge on any atom is -0.368 e. The van der Waals surface area contributed by atoms with Crippen LogP contribution in [0.2, 0.25) is 0 Å². The number of rotatable bonds is 3. The van der Waals surface area contributed by atoms with E-state index < -0.39 is 31.9 Å². The molecule has 13 heteroatoms. The van der Waals surface area contributed by atoms with Crippen molar-refractivity contribution in [2.24, 2.45) is 0 Å². The lowest BCUT2D eigenvalue weighted by molar-refractivity contribution is -0.0686. The Morgan fingerprint density at radius 1 is 1.43 bits per heavy atom. The molecule has 0 aromatic carbocycles. The second kappa shape index (κ2) is 6.07. The van der Waals surface area contributed by atoms with E-state index in [9.17, 15) is 4.57 Å². The zero-order chi connectivity index (χ0) is 19.7. The van der Waals surface area contributed by atoms with Crippen molar-refractivity contribution < 1.29 is 27.3 Å². The summed E-state index contributed by atoms with van der Waals surface area (Å²) in [6, 6.07) is 0. The standard InChI is InChI=1S/C15H20FN6O5P/c1-15(16)10-8(6-25-28(23,24-2)27-10)26-13(15)22-7-18-9-11(21-4-3-5-21)19-14(17)20-12(9)22/h7-8,10,13H,3-6H2,1-2H3,(H2,17,19,20)/t8-,10-,13-,15-,28?/m1/s1. The molecule has 0 radical (unpaired) electrons. The highest BCUT2D eigenvalue weighted by molar-refractivity contribution is 7.48. The number of nitrogens with zero attached hydrogens (tertiary/aromatic N) is 5. The highest BCUT2D eigenvalue weighted by atomic mass is 31.2. The zero-order valence-electron chi connectivity index (χ0n) is 15.3. The number of nitrogen functional groups attached to an aromatic ring is 1. The molecule has 1 unspecified atom stereocenters. The first-order chi connectivity index (χ1) is 13.3. The molecule has 5 rings (SSSR count). The van der Waals surface area contributed by atoms with Gasteiger partial charge in [-0.1, -0.05) is 0 Å². The fraction of sp³-hybridized carbons (Fsp3) is 0.667. The Morgan fingerprint density at radius 3 is 2.89 bits per heavy atom. The maximum atomic E-state index is 15.8. The number of aromatic nitrogens is 4. The van der Waals surface area contributed by atoms with Crippen molar-refractivity contribution in [3.8, 4) is 0 Å². The van der Waals surface area contributed by atoms with Crippen molar-refractivity contribution in [1.82, 2.24) is 19.5 Å². The lowest BCUT2D eigenvalue weighted by Gasteiger charge is -2.33. The van der Waals surface area contributed by atoms with E-state index in [1.807, 2.05) is 4.90 Å². The average Bonchev–Trinajstić information content (AvgIpc) is 3.12. The summed E-state index contributed by atoms with van der Waals surface area (Å²) in [5.74, 6) is 0.683. The van der Waals surface area contributed by atoms with Gasteiger partial charge in [0.1, 0.15) is 12.2 Å². The van der Waals surface area contributed by atoms with Crippen LogP contribution >= 0.6 is 7.82 Å². The Balaban J connectivity index is 1.55. The molecule has 0 bridgehead atoms. The third kappa shape index (κ3) is 2.56. The van der Waals surface area contributed by atoms with E-state index in [-0.39, 0.29) is 12.6 Å². The number of alkyl halides is 1. The summed E-state index contributed by atoms with van der Waals surface area (Å²) in [5.41, 5.74) is 4.71. The Labute approximate surface area is 159 Å². The van der Waals surface area contributed by atoms with Gasteiger partial charge in [0.2, 0.25) is 5.95 Å². The van der Waals surface area contributed by atoms with Crippen LogP contribution in [-0.2, 0) is 22.9 Å². The van der Waals surface area contributed by atoms with Crippen LogP contribution in [0.25, 0.3) is 11.2 Å². The molecule has 3 aliphatic rings. The van der Waals surface area contributed by atoms with Gasteiger partial charge in [0.15, 0.2) is 28.9 Å². The number of hydrogen-bond donors (Lipinski definition) is 1. The van der Waals surface area contributed by atoms with Gasteiger partial charge in [0.05, 0.1) is 12.9 Å². The lowest BCUT2D eigenvalue weighted by Crippen LogP contribution is -2.44. The van der Waals surface area contributed by atoms with E-state index in [4.69, 9.17) is 24.0 Å². The molecule has 2 aromatic rings. The van der Waals surface area contributed by atoms with Gasteiger partial charge in [-0.3, -0.25) is 18.1 Å². The molecule has 2 aromatic heterocycles. The first-order valence-electron chi connectivity index (χ1n) is 8.90. The van der Waals surface area contributed by atoms with Crippen LogP contribution in [-0.4, -0.2) is 64.2 Å². The second-order valence-corrected chi connectivity index (χ2v) is 8.93. The van der Waals surface area contributed by atoms with Crippen molar-refractivity contribution in [3.05, 3.63) is 6.33 Å². The van der Waals surface area contributed by atoms with E-state index in [1.165, 1.54) is 24.9 Å². The topological polar surface area (TPSA) is 127 Å². The van der Waals surface area contributed by atoms with Crippen LogP contribution in [0.15, 0.2) is 6.33 Å². The number of nitrogens with two attached hydrogens (primary N) is 1. The zero-order valence-corrected chi connectivity index (χ0v) is 16.2. The van der Waals surface area contributed by atoms with Gasteiger partial charge >= 0.3 is 7.82 Å². The van der Waals surface area contributed by atoms with Crippen molar-refractivity contribution >= 4 is 30.8 Å². The van der Waals surface area contributed by atoms with Gasteiger partial charge in [-0.2, -0.15) is 9.97 Å². The molecule has 0 spiro atoms. The number of phosphoric ester groups is 1. The third-order valence-corrected chi connectivity index (χ3v) is 6.77. The maximum Gasteiger partial charge on any atom is 0.475 e. The first-order valence-corrected chi connectivity index (χ1v) is 10.4. The maximum absolute atomic E-state index is 15.8. The normalized spacial score (nSPS) is 37.8. The van der Waals surface area contributed by atoms with Crippen LogP contribution in [0.1, 0.15) is 19.6 Å². The molecule has 2 N–H and O–H groups in total. The van der Waals surface area contributed by atoms with E-state index in [2.05, 4.69) is 15.0 Å². The van der Waals surface area contributed by atoms with E-state index in [0.717, 1.165) is 19.5 Å². The predicted molar refractivity (Wildman–Crippen MR) is 95.4 cm³/mol. The largest absolute Gasteiger partial charge is 0.475 e. The fourth-order valence-corrected chi connectivity index (χ4v) is 4.98. The van der Waals surface area contributed by atoms with Gasteiger partial charge in [0.25, 0.3) is 0 Å².